The molecule has 0 aliphatic carbocycles. The van der Waals surface area contributed by atoms with Gasteiger partial charge in [0, 0.05) is 19.0 Å². The maximum absolute atomic E-state index is 13.4. The van der Waals surface area contributed by atoms with Gasteiger partial charge in [-0.1, -0.05) is 26.0 Å². The standard InChI is InChI=1S/C27H33N5O5/c1-4-36-26(35)18-6-5-12-32(15-18)27-30-23-22(25(34)31-27)21(20(14-28)24(33)29-23)17-7-9-19(10-8-17)37-13-11-16(2)3/h7-10,16,18,20-21H,4-6,11-13,15H2,1-3H3,(H2,29,30,31,33,34). The number of carbonyl (C=O) groups excluding carboxylic acids is 2. The quantitative estimate of drug-likeness (QED) is 0.520. The highest BCUT2D eigenvalue weighted by atomic mass is 16.5. The molecule has 0 spiro atoms. The number of aromatic amines is 1. The van der Waals surface area contributed by atoms with E-state index < -0.39 is 23.3 Å². The van der Waals surface area contributed by atoms with Gasteiger partial charge in [0.1, 0.15) is 17.5 Å². The maximum atomic E-state index is 13.4. The van der Waals surface area contributed by atoms with Gasteiger partial charge in [0.05, 0.1) is 30.8 Å². The fourth-order valence-corrected chi connectivity index (χ4v) is 4.81. The highest BCUT2D eigenvalue weighted by molar-refractivity contribution is 5.98. The maximum Gasteiger partial charge on any atom is 0.310 e. The van der Waals surface area contributed by atoms with Gasteiger partial charge in [-0.05, 0) is 49.8 Å². The van der Waals surface area contributed by atoms with E-state index in [2.05, 4.69) is 35.2 Å². The van der Waals surface area contributed by atoms with Crippen LogP contribution in [-0.4, -0.2) is 48.1 Å². The van der Waals surface area contributed by atoms with Gasteiger partial charge in [-0.3, -0.25) is 19.4 Å². The Morgan fingerprint density at radius 3 is 2.70 bits per heavy atom. The van der Waals surface area contributed by atoms with Crippen molar-refractivity contribution in [3.05, 3.63) is 45.7 Å². The lowest BCUT2D eigenvalue weighted by atomic mass is 9.79. The number of esters is 1. The Hall–Kier alpha value is -3.87. The number of anilines is 2. The highest BCUT2D eigenvalue weighted by Gasteiger charge is 2.40. The molecule has 1 aromatic heterocycles. The van der Waals surface area contributed by atoms with E-state index in [0.717, 1.165) is 12.8 Å². The zero-order valence-corrected chi connectivity index (χ0v) is 21.5. The highest BCUT2D eigenvalue weighted by Crippen LogP contribution is 2.39. The second kappa shape index (κ2) is 11.5. The van der Waals surface area contributed by atoms with Crippen molar-refractivity contribution in [2.24, 2.45) is 17.8 Å². The molecule has 1 aromatic carbocycles. The van der Waals surface area contributed by atoms with Gasteiger partial charge in [0.25, 0.3) is 5.56 Å². The average molecular weight is 508 g/mol. The van der Waals surface area contributed by atoms with E-state index in [9.17, 15) is 19.6 Å². The molecule has 2 aliphatic heterocycles. The van der Waals surface area contributed by atoms with E-state index in [4.69, 9.17) is 9.47 Å². The lowest BCUT2D eigenvalue weighted by Gasteiger charge is -2.33. The number of hydrogen-bond donors (Lipinski definition) is 2. The minimum absolute atomic E-state index is 0.135. The molecule has 0 radical (unpaired) electrons. The fraction of sp³-hybridized carbons (Fsp3) is 0.519. The van der Waals surface area contributed by atoms with Gasteiger partial charge >= 0.3 is 5.97 Å². The molecule has 1 amide bonds. The van der Waals surface area contributed by atoms with E-state index in [1.54, 1.807) is 31.2 Å². The summed E-state index contributed by atoms with van der Waals surface area (Å²) in [5, 5.41) is 12.4. The normalized spacial score (nSPS) is 21.1. The lowest BCUT2D eigenvalue weighted by molar-refractivity contribution is -0.148. The molecule has 0 bridgehead atoms. The second-order valence-electron chi connectivity index (χ2n) is 9.86. The van der Waals surface area contributed by atoms with E-state index in [0.29, 0.717) is 50.0 Å². The number of hydrogen-bond acceptors (Lipinski definition) is 8. The number of aromatic nitrogens is 2. The third kappa shape index (κ3) is 5.77. The van der Waals surface area contributed by atoms with E-state index >= 15 is 0 Å². The van der Waals surface area contributed by atoms with Crippen LogP contribution in [-0.2, 0) is 14.3 Å². The summed E-state index contributed by atoms with van der Waals surface area (Å²) in [6.45, 7) is 7.88. The summed E-state index contributed by atoms with van der Waals surface area (Å²) in [5.41, 5.74) is 0.461. The molecular formula is C27H33N5O5. The number of piperidine rings is 1. The Labute approximate surface area is 216 Å². The molecule has 37 heavy (non-hydrogen) atoms. The van der Waals surface area contributed by atoms with Crippen molar-refractivity contribution < 1.29 is 19.1 Å². The summed E-state index contributed by atoms with van der Waals surface area (Å²) >= 11 is 0. The van der Waals surface area contributed by atoms with Gasteiger partial charge in [0.15, 0.2) is 0 Å². The third-order valence-electron chi connectivity index (χ3n) is 6.79. The molecule has 2 N–H and O–H groups in total. The number of benzene rings is 1. The fourth-order valence-electron chi connectivity index (χ4n) is 4.81. The zero-order chi connectivity index (χ0) is 26.5. The largest absolute Gasteiger partial charge is 0.494 e. The molecule has 4 rings (SSSR count). The van der Waals surface area contributed by atoms with Crippen LogP contribution in [0.4, 0.5) is 11.8 Å². The molecule has 1 saturated heterocycles. The predicted octanol–water partition coefficient (Wildman–Crippen LogP) is 3.20. The number of H-pyrrole nitrogens is 1. The minimum atomic E-state index is -1.09. The third-order valence-corrected chi connectivity index (χ3v) is 6.79. The van der Waals surface area contributed by atoms with Crippen LogP contribution >= 0.6 is 0 Å². The van der Waals surface area contributed by atoms with Crippen LogP contribution in [0.1, 0.15) is 57.1 Å². The van der Waals surface area contributed by atoms with Gasteiger partial charge < -0.3 is 19.7 Å². The molecule has 3 heterocycles. The number of carbonyl (C=O) groups is 2. The molecule has 196 valence electrons. The van der Waals surface area contributed by atoms with Crippen LogP contribution in [0.5, 0.6) is 5.75 Å². The number of ether oxygens (including phenoxy) is 2. The first-order chi connectivity index (χ1) is 17.8. The summed E-state index contributed by atoms with van der Waals surface area (Å²) < 4.78 is 11.0. The van der Waals surface area contributed by atoms with Crippen LogP contribution in [0.15, 0.2) is 29.1 Å². The molecule has 10 nitrogen and oxygen atoms in total. The number of fused-ring (bicyclic) bond motifs is 1. The van der Waals surface area contributed by atoms with Crippen LogP contribution in [0.25, 0.3) is 0 Å². The number of amides is 1. The molecule has 1 fully saturated rings. The van der Waals surface area contributed by atoms with Crippen molar-refractivity contribution in [2.75, 3.05) is 36.5 Å². The molecular weight excluding hydrogens is 474 g/mol. The number of rotatable bonds is 8. The minimum Gasteiger partial charge on any atom is -0.494 e. The van der Waals surface area contributed by atoms with Gasteiger partial charge in [-0.15, -0.1) is 0 Å². The topological polar surface area (TPSA) is 137 Å². The van der Waals surface area contributed by atoms with Crippen LogP contribution < -0.4 is 20.5 Å². The van der Waals surface area contributed by atoms with Crippen molar-refractivity contribution in [1.82, 2.24) is 9.97 Å². The van der Waals surface area contributed by atoms with Crippen LogP contribution in [0, 0.1) is 29.1 Å². The Balaban J connectivity index is 1.63. The number of nitrogens with one attached hydrogen (secondary N) is 2. The Bertz CT molecular complexity index is 1230. The lowest BCUT2D eigenvalue weighted by Crippen LogP contribution is -2.43. The van der Waals surface area contributed by atoms with Crippen molar-refractivity contribution in [2.45, 2.75) is 46.0 Å². The zero-order valence-electron chi connectivity index (χ0n) is 21.5. The first-order valence-electron chi connectivity index (χ1n) is 12.8. The van der Waals surface area contributed by atoms with Gasteiger partial charge in [0.2, 0.25) is 11.9 Å². The molecule has 2 aromatic rings. The molecule has 3 unspecified atom stereocenters. The average Bonchev–Trinajstić information content (AvgIpc) is 2.88. The number of nitriles is 1. The summed E-state index contributed by atoms with van der Waals surface area (Å²) in [6.07, 6.45) is 2.36. The number of nitrogens with zero attached hydrogens (tertiary/aromatic N) is 3. The van der Waals surface area contributed by atoms with E-state index in [-0.39, 0.29) is 29.2 Å². The summed E-state index contributed by atoms with van der Waals surface area (Å²) in [5.74, 6) is -1.34. The first kappa shape index (κ1) is 26.2. The van der Waals surface area contributed by atoms with Gasteiger partial charge in [-0.25, -0.2) is 0 Å². The van der Waals surface area contributed by atoms with Crippen molar-refractivity contribution in [3.63, 3.8) is 0 Å². The summed E-state index contributed by atoms with van der Waals surface area (Å²) in [6, 6.07) is 9.19. The molecule has 0 saturated carbocycles. The van der Waals surface area contributed by atoms with Crippen LogP contribution in [0.2, 0.25) is 0 Å². The SMILES string of the molecule is CCOC(=O)C1CCCN(c2nc3c(c(=O)[nH]2)C(c2ccc(OCCC(C)C)cc2)C(C#N)C(=O)N3)C1. The van der Waals surface area contributed by atoms with E-state index in [1.165, 1.54) is 0 Å². The summed E-state index contributed by atoms with van der Waals surface area (Å²) in [7, 11) is 0. The second-order valence-corrected chi connectivity index (χ2v) is 9.86. The Kier molecular flexibility index (Phi) is 8.11. The Morgan fingerprint density at radius 1 is 1.27 bits per heavy atom. The first-order valence-corrected chi connectivity index (χ1v) is 12.8. The predicted molar refractivity (Wildman–Crippen MR) is 137 cm³/mol. The Morgan fingerprint density at radius 2 is 2.03 bits per heavy atom. The van der Waals surface area contributed by atoms with E-state index in [1.807, 2.05) is 4.90 Å². The van der Waals surface area contributed by atoms with Gasteiger partial charge in [-0.2, -0.15) is 10.2 Å². The van der Waals surface area contributed by atoms with Crippen molar-refractivity contribution in [3.8, 4) is 11.8 Å². The smallest absolute Gasteiger partial charge is 0.310 e. The molecule has 3 atom stereocenters. The van der Waals surface area contributed by atoms with Crippen LogP contribution in [0.3, 0.4) is 0 Å². The molecule has 10 heteroatoms. The summed E-state index contributed by atoms with van der Waals surface area (Å²) in [4.78, 5) is 47.7. The monoisotopic (exact) mass is 507 g/mol. The van der Waals surface area contributed by atoms with Crippen molar-refractivity contribution in [1.29, 1.82) is 5.26 Å². The molecule has 2 aliphatic rings. The van der Waals surface area contributed by atoms with Crippen molar-refractivity contribution >= 4 is 23.6 Å².